The average Bonchev–Trinajstić information content (AvgIpc) is 1.99. The minimum atomic E-state index is 0.137. The van der Waals surface area contributed by atoms with Gasteiger partial charge in [-0.3, -0.25) is 0 Å². The van der Waals surface area contributed by atoms with E-state index >= 15 is 0 Å². The second-order valence-electron chi connectivity index (χ2n) is 1.61. The minimum absolute atomic E-state index is 0.137. The molecule has 0 spiro atoms. The summed E-state index contributed by atoms with van der Waals surface area (Å²) < 4.78 is 0. The molecular weight excluding hydrogens is 128 g/mol. The lowest BCUT2D eigenvalue weighted by Crippen LogP contribution is -2.13. The molecule has 0 aromatic heterocycles. The Balaban J connectivity index is 4.07. The van der Waals surface area contributed by atoms with E-state index < -0.39 is 0 Å². The van der Waals surface area contributed by atoms with E-state index in [0.29, 0.717) is 5.82 Å². The number of allylic oxidation sites excluding steroid dienone is 3. The zero-order chi connectivity index (χ0) is 7.98. The van der Waals surface area contributed by atoms with Crippen molar-refractivity contribution in [1.82, 2.24) is 5.32 Å². The standard InChI is InChI=1S/C6H10N4/c1-10-6(9)3-2-5(8)4-7/h2-3,10H,8-9H2,1H3/b5-2-,6-3+. The number of nitrogens with one attached hydrogen (secondary N) is 1. The summed E-state index contributed by atoms with van der Waals surface area (Å²) >= 11 is 0. The summed E-state index contributed by atoms with van der Waals surface area (Å²) in [5.41, 5.74) is 10.6. The highest BCUT2D eigenvalue weighted by molar-refractivity contribution is 5.23. The second-order valence-corrected chi connectivity index (χ2v) is 1.61. The number of rotatable bonds is 2. The lowest BCUT2D eigenvalue weighted by atomic mass is 10.4. The van der Waals surface area contributed by atoms with Crippen molar-refractivity contribution >= 4 is 0 Å². The van der Waals surface area contributed by atoms with Gasteiger partial charge in [-0.1, -0.05) is 0 Å². The number of nitriles is 1. The van der Waals surface area contributed by atoms with E-state index in [1.54, 1.807) is 13.1 Å². The zero-order valence-corrected chi connectivity index (χ0v) is 5.76. The molecule has 10 heavy (non-hydrogen) atoms. The van der Waals surface area contributed by atoms with Gasteiger partial charge in [-0.25, -0.2) is 0 Å². The van der Waals surface area contributed by atoms with Crippen LogP contribution in [0.1, 0.15) is 0 Å². The molecule has 54 valence electrons. The Bertz CT molecular complexity index is 196. The maximum Gasteiger partial charge on any atom is 0.117 e. The Morgan fingerprint density at radius 2 is 2.10 bits per heavy atom. The first kappa shape index (κ1) is 8.37. The fraction of sp³-hybridized carbons (Fsp3) is 0.167. The zero-order valence-electron chi connectivity index (χ0n) is 5.76. The van der Waals surface area contributed by atoms with Crippen LogP contribution in [0.4, 0.5) is 0 Å². The molecule has 0 aliphatic heterocycles. The van der Waals surface area contributed by atoms with Crippen molar-refractivity contribution in [2.45, 2.75) is 0 Å². The summed E-state index contributed by atoms with van der Waals surface area (Å²) in [5.74, 6) is 0.471. The number of hydrogen-bond acceptors (Lipinski definition) is 4. The second kappa shape index (κ2) is 4.27. The van der Waals surface area contributed by atoms with Crippen LogP contribution in [-0.2, 0) is 0 Å². The Morgan fingerprint density at radius 1 is 1.50 bits per heavy atom. The maximum absolute atomic E-state index is 8.19. The van der Waals surface area contributed by atoms with Crippen LogP contribution in [0.25, 0.3) is 0 Å². The van der Waals surface area contributed by atoms with Gasteiger partial charge in [0.25, 0.3) is 0 Å². The van der Waals surface area contributed by atoms with Crippen molar-refractivity contribution in [2.24, 2.45) is 11.5 Å². The third-order valence-corrected chi connectivity index (χ3v) is 0.860. The first-order chi connectivity index (χ1) is 4.70. The van der Waals surface area contributed by atoms with E-state index in [1.165, 1.54) is 12.2 Å². The maximum atomic E-state index is 8.19. The fourth-order valence-corrected chi connectivity index (χ4v) is 0.300. The summed E-state index contributed by atoms with van der Waals surface area (Å²) in [6.07, 6.45) is 2.96. The Morgan fingerprint density at radius 3 is 2.50 bits per heavy atom. The van der Waals surface area contributed by atoms with E-state index in [-0.39, 0.29) is 5.70 Å². The van der Waals surface area contributed by atoms with Crippen molar-refractivity contribution in [3.8, 4) is 6.07 Å². The van der Waals surface area contributed by atoms with Gasteiger partial charge in [0.05, 0.1) is 5.82 Å². The Hall–Kier alpha value is -1.63. The molecule has 0 aliphatic carbocycles. The molecule has 0 fully saturated rings. The van der Waals surface area contributed by atoms with Crippen LogP contribution in [0.5, 0.6) is 0 Å². The summed E-state index contributed by atoms with van der Waals surface area (Å²) in [6, 6.07) is 1.76. The lowest BCUT2D eigenvalue weighted by Gasteiger charge is -1.93. The smallest absolute Gasteiger partial charge is 0.117 e. The molecule has 0 aromatic rings. The van der Waals surface area contributed by atoms with E-state index in [2.05, 4.69) is 5.32 Å². The normalized spacial score (nSPS) is 12.4. The highest BCUT2D eigenvalue weighted by Gasteiger charge is 1.81. The number of nitrogens with zero attached hydrogens (tertiary/aromatic N) is 1. The lowest BCUT2D eigenvalue weighted by molar-refractivity contribution is 0.965. The van der Waals surface area contributed by atoms with Crippen LogP contribution >= 0.6 is 0 Å². The average molecular weight is 138 g/mol. The predicted molar refractivity (Wildman–Crippen MR) is 39.2 cm³/mol. The van der Waals surface area contributed by atoms with E-state index in [4.69, 9.17) is 16.7 Å². The Kier molecular flexibility index (Phi) is 3.57. The van der Waals surface area contributed by atoms with Gasteiger partial charge in [0.15, 0.2) is 0 Å². The van der Waals surface area contributed by atoms with E-state index in [9.17, 15) is 0 Å². The first-order valence-electron chi connectivity index (χ1n) is 2.71. The van der Waals surface area contributed by atoms with Crippen molar-refractivity contribution in [2.75, 3.05) is 7.05 Å². The fourth-order valence-electron chi connectivity index (χ4n) is 0.300. The van der Waals surface area contributed by atoms with Crippen LogP contribution < -0.4 is 16.8 Å². The van der Waals surface area contributed by atoms with Crippen LogP contribution in [0.15, 0.2) is 23.7 Å². The number of nitrogens with two attached hydrogens (primary N) is 2. The van der Waals surface area contributed by atoms with Crippen molar-refractivity contribution in [1.29, 1.82) is 5.26 Å². The summed E-state index contributed by atoms with van der Waals surface area (Å²) in [4.78, 5) is 0. The molecule has 0 bridgehead atoms. The summed E-state index contributed by atoms with van der Waals surface area (Å²) in [6.45, 7) is 0. The molecule has 4 heteroatoms. The van der Waals surface area contributed by atoms with E-state index in [0.717, 1.165) is 0 Å². The van der Waals surface area contributed by atoms with Crippen molar-refractivity contribution in [3.05, 3.63) is 23.7 Å². The van der Waals surface area contributed by atoms with Gasteiger partial charge in [-0.2, -0.15) is 5.26 Å². The monoisotopic (exact) mass is 138 g/mol. The van der Waals surface area contributed by atoms with Gasteiger partial charge in [0.1, 0.15) is 11.8 Å². The van der Waals surface area contributed by atoms with Crippen LogP contribution in [-0.4, -0.2) is 7.05 Å². The van der Waals surface area contributed by atoms with Crippen LogP contribution in [0.2, 0.25) is 0 Å². The molecule has 0 heterocycles. The molecule has 0 rings (SSSR count). The van der Waals surface area contributed by atoms with Gasteiger partial charge >= 0.3 is 0 Å². The van der Waals surface area contributed by atoms with Crippen LogP contribution in [0, 0.1) is 11.3 Å². The molecule has 5 N–H and O–H groups in total. The molecule has 0 saturated carbocycles. The first-order valence-corrected chi connectivity index (χ1v) is 2.71. The molecule has 0 radical (unpaired) electrons. The molecule has 0 saturated heterocycles. The topological polar surface area (TPSA) is 87.9 Å². The highest BCUT2D eigenvalue weighted by Crippen LogP contribution is 1.82. The third kappa shape index (κ3) is 3.38. The molecule has 0 amide bonds. The van der Waals surface area contributed by atoms with Gasteiger partial charge in [0.2, 0.25) is 0 Å². The molecular formula is C6H10N4. The quantitative estimate of drug-likeness (QED) is 0.350. The number of hydrogen-bond donors (Lipinski definition) is 3. The molecule has 0 unspecified atom stereocenters. The molecule has 0 atom stereocenters. The third-order valence-electron chi connectivity index (χ3n) is 0.860. The molecule has 0 aliphatic rings. The van der Waals surface area contributed by atoms with Crippen molar-refractivity contribution < 1.29 is 0 Å². The van der Waals surface area contributed by atoms with E-state index in [1.807, 2.05) is 0 Å². The molecule has 4 nitrogen and oxygen atoms in total. The highest BCUT2D eigenvalue weighted by atomic mass is 14.9. The predicted octanol–water partition coefficient (Wildman–Crippen LogP) is -0.628. The van der Waals surface area contributed by atoms with Crippen LogP contribution in [0.3, 0.4) is 0 Å². The molecule has 0 aromatic carbocycles. The largest absolute Gasteiger partial charge is 0.390 e. The Labute approximate surface area is 59.8 Å². The SMILES string of the molecule is CN/C(N)=C/C=C(\N)C#N. The van der Waals surface area contributed by atoms with Gasteiger partial charge in [-0.15, -0.1) is 0 Å². The van der Waals surface area contributed by atoms with Gasteiger partial charge in [-0.05, 0) is 12.2 Å². The van der Waals surface area contributed by atoms with Gasteiger partial charge in [0, 0.05) is 7.05 Å². The van der Waals surface area contributed by atoms with Gasteiger partial charge < -0.3 is 16.8 Å². The van der Waals surface area contributed by atoms with Crippen molar-refractivity contribution in [3.63, 3.8) is 0 Å². The summed E-state index contributed by atoms with van der Waals surface area (Å²) in [5, 5.41) is 10.9. The summed E-state index contributed by atoms with van der Waals surface area (Å²) in [7, 11) is 1.68. The minimum Gasteiger partial charge on any atom is -0.390 e.